The maximum Gasteiger partial charge on any atom is 0.208 e. The van der Waals surface area contributed by atoms with Crippen molar-refractivity contribution in [3.63, 3.8) is 0 Å². The van der Waals surface area contributed by atoms with E-state index in [1.807, 2.05) is 25.1 Å². The molecule has 112 valence electrons. The van der Waals surface area contributed by atoms with Gasteiger partial charge in [0.15, 0.2) is 4.34 Å². The molecule has 1 aromatic carbocycles. The van der Waals surface area contributed by atoms with Crippen LogP contribution in [0.3, 0.4) is 0 Å². The van der Waals surface area contributed by atoms with E-state index < -0.39 is 0 Å². The van der Waals surface area contributed by atoms with Gasteiger partial charge in [-0.15, -0.1) is 10.2 Å². The first-order valence-electron chi connectivity index (χ1n) is 6.82. The van der Waals surface area contributed by atoms with Crippen molar-refractivity contribution in [3.05, 3.63) is 28.8 Å². The molecule has 1 aliphatic rings. The molecule has 1 N–H and O–H groups in total. The number of benzene rings is 1. The summed E-state index contributed by atoms with van der Waals surface area (Å²) in [6.07, 6.45) is 2.60. The molecule has 0 unspecified atom stereocenters. The number of nitrogens with zero attached hydrogens (tertiary/aromatic N) is 3. The summed E-state index contributed by atoms with van der Waals surface area (Å²) in [6, 6.07) is 6.93. The van der Waals surface area contributed by atoms with Gasteiger partial charge >= 0.3 is 0 Å². The van der Waals surface area contributed by atoms with E-state index in [2.05, 4.69) is 27.6 Å². The van der Waals surface area contributed by atoms with Gasteiger partial charge in [0.1, 0.15) is 0 Å². The summed E-state index contributed by atoms with van der Waals surface area (Å²) in [7, 11) is 3.92. The fourth-order valence-corrected chi connectivity index (χ4v) is 3.85. The molecule has 0 radical (unpaired) electrons. The fraction of sp³-hybridized carbons (Fsp3) is 0.429. The Morgan fingerprint density at radius 1 is 1.38 bits per heavy atom. The van der Waals surface area contributed by atoms with Gasteiger partial charge in [-0.2, -0.15) is 0 Å². The molecule has 3 rings (SSSR count). The van der Waals surface area contributed by atoms with E-state index in [1.54, 1.807) is 23.1 Å². The summed E-state index contributed by atoms with van der Waals surface area (Å²) in [4.78, 5) is 2.98. The second-order valence-corrected chi connectivity index (χ2v) is 7.92. The SMILES string of the molecule is CN(C)c1nnc(Sc2ccc(CNC3CC3)cc2Cl)s1. The molecule has 7 heteroatoms. The summed E-state index contributed by atoms with van der Waals surface area (Å²) in [5.74, 6) is 0. The number of nitrogens with one attached hydrogen (secondary N) is 1. The fourth-order valence-electron chi connectivity index (χ4n) is 1.81. The molecule has 4 nitrogen and oxygen atoms in total. The van der Waals surface area contributed by atoms with Crippen LogP contribution in [0, 0.1) is 0 Å². The Balaban J connectivity index is 1.66. The van der Waals surface area contributed by atoms with Crippen LogP contribution in [0.5, 0.6) is 0 Å². The molecule has 1 heterocycles. The lowest BCUT2D eigenvalue weighted by Crippen LogP contribution is -2.15. The highest BCUT2D eigenvalue weighted by Crippen LogP contribution is 2.36. The Morgan fingerprint density at radius 3 is 2.81 bits per heavy atom. The first-order chi connectivity index (χ1) is 10.1. The third-order valence-corrected chi connectivity index (χ3v) is 5.79. The summed E-state index contributed by atoms with van der Waals surface area (Å²) >= 11 is 9.51. The molecule has 0 atom stereocenters. The number of hydrogen-bond acceptors (Lipinski definition) is 6. The predicted molar refractivity (Wildman–Crippen MR) is 89.7 cm³/mol. The van der Waals surface area contributed by atoms with Crippen LogP contribution in [0.25, 0.3) is 0 Å². The zero-order chi connectivity index (χ0) is 14.8. The maximum absolute atomic E-state index is 6.38. The van der Waals surface area contributed by atoms with Crippen molar-refractivity contribution in [2.24, 2.45) is 0 Å². The van der Waals surface area contributed by atoms with Crippen molar-refractivity contribution in [2.75, 3.05) is 19.0 Å². The van der Waals surface area contributed by atoms with Gasteiger partial charge in [0, 0.05) is 31.6 Å². The highest BCUT2D eigenvalue weighted by atomic mass is 35.5. The quantitative estimate of drug-likeness (QED) is 0.869. The molecule has 1 aromatic heterocycles. The van der Waals surface area contributed by atoms with Gasteiger partial charge in [0.2, 0.25) is 5.13 Å². The van der Waals surface area contributed by atoms with Gasteiger partial charge in [-0.05, 0) is 30.5 Å². The molecule has 0 saturated heterocycles. The summed E-state index contributed by atoms with van der Waals surface area (Å²) < 4.78 is 0.907. The lowest BCUT2D eigenvalue weighted by molar-refractivity contribution is 0.687. The van der Waals surface area contributed by atoms with Crippen LogP contribution in [-0.2, 0) is 6.54 Å². The largest absolute Gasteiger partial charge is 0.353 e. The molecular weight excluding hydrogens is 324 g/mol. The zero-order valence-electron chi connectivity index (χ0n) is 12.0. The van der Waals surface area contributed by atoms with Crippen molar-refractivity contribution in [1.82, 2.24) is 15.5 Å². The highest BCUT2D eigenvalue weighted by molar-refractivity contribution is 8.01. The smallest absolute Gasteiger partial charge is 0.208 e. The Kier molecular flexibility index (Phi) is 4.69. The lowest BCUT2D eigenvalue weighted by Gasteiger charge is -2.06. The van der Waals surface area contributed by atoms with E-state index in [0.717, 1.165) is 25.9 Å². The predicted octanol–water partition coefficient (Wildman–Crippen LogP) is 3.66. The average Bonchev–Trinajstić information content (AvgIpc) is 3.16. The minimum Gasteiger partial charge on any atom is -0.353 e. The van der Waals surface area contributed by atoms with Crippen LogP contribution in [0.15, 0.2) is 27.4 Å². The summed E-state index contributed by atoms with van der Waals surface area (Å²) in [5.41, 5.74) is 1.22. The van der Waals surface area contributed by atoms with E-state index >= 15 is 0 Å². The Bertz CT molecular complexity index is 625. The third-order valence-electron chi connectivity index (χ3n) is 3.14. The van der Waals surface area contributed by atoms with E-state index in [-0.39, 0.29) is 0 Å². The van der Waals surface area contributed by atoms with Gasteiger partial charge in [-0.1, -0.05) is 40.8 Å². The van der Waals surface area contributed by atoms with Crippen molar-refractivity contribution in [3.8, 4) is 0 Å². The molecule has 2 aromatic rings. The molecule has 0 spiro atoms. The number of halogens is 1. The third kappa shape index (κ3) is 4.10. The van der Waals surface area contributed by atoms with E-state index in [1.165, 1.54) is 18.4 Å². The Hall–Kier alpha value is -0.820. The van der Waals surface area contributed by atoms with Crippen LogP contribution < -0.4 is 10.2 Å². The maximum atomic E-state index is 6.38. The van der Waals surface area contributed by atoms with Crippen molar-refractivity contribution in [2.45, 2.75) is 34.7 Å². The number of aromatic nitrogens is 2. The van der Waals surface area contributed by atoms with Crippen LogP contribution in [0.1, 0.15) is 18.4 Å². The Morgan fingerprint density at radius 2 is 2.19 bits per heavy atom. The standard InChI is InChI=1S/C14H17ClN4S2/c1-19(2)13-17-18-14(21-13)20-12-6-3-9(7-11(12)15)8-16-10-4-5-10/h3,6-7,10,16H,4-5,8H2,1-2H3. The van der Waals surface area contributed by atoms with Gasteiger partial charge in [-0.3, -0.25) is 0 Å². The average molecular weight is 341 g/mol. The minimum absolute atomic E-state index is 0.712. The number of anilines is 1. The van der Waals surface area contributed by atoms with Crippen molar-refractivity contribution in [1.29, 1.82) is 0 Å². The van der Waals surface area contributed by atoms with E-state index in [9.17, 15) is 0 Å². The number of rotatable bonds is 6. The van der Waals surface area contributed by atoms with Crippen LogP contribution >= 0.6 is 34.7 Å². The normalized spacial score (nSPS) is 14.4. The highest BCUT2D eigenvalue weighted by Gasteiger charge is 2.20. The molecule has 1 saturated carbocycles. The minimum atomic E-state index is 0.712. The van der Waals surface area contributed by atoms with Gasteiger partial charge < -0.3 is 10.2 Å². The molecule has 21 heavy (non-hydrogen) atoms. The van der Waals surface area contributed by atoms with Crippen LogP contribution in [0.2, 0.25) is 5.02 Å². The van der Waals surface area contributed by atoms with E-state index in [0.29, 0.717) is 6.04 Å². The van der Waals surface area contributed by atoms with Crippen LogP contribution in [0.4, 0.5) is 5.13 Å². The van der Waals surface area contributed by atoms with Crippen molar-refractivity contribution < 1.29 is 0 Å². The second kappa shape index (κ2) is 6.52. The molecule has 1 fully saturated rings. The van der Waals surface area contributed by atoms with Gasteiger partial charge in [0.05, 0.1) is 5.02 Å². The molecule has 0 amide bonds. The first kappa shape index (κ1) is 15.1. The first-order valence-corrected chi connectivity index (χ1v) is 8.83. The zero-order valence-corrected chi connectivity index (χ0v) is 14.4. The molecule has 0 bridgehead atoms. The molecule has 0 aliphatic heterocycles. The van der Waals surface area contributed by atoms with E-state index in [4.69, 9.17) is 11.6 Å². The molecular formula is C14H17ClN4S2. The Labute approximate surface area is 137 Å². The summed E-state index contributed by atoms with van der Waals surface area (Å²) in [6.45, 7) is 0.888. The monoisotopic (exact) mass is 340 g/mol. The van der Waals surface area contributed by atoms with Gasteiger partial charge in [0.25, 0.3) is 0 Å². The van der Waals surface area contributed by atoms with Crippen LogP contribution in [-0.4, -0.2) is 30.3 Å². The van der Waals surface area contributed by atoms with Crippen molar-refractivity contribution >= 4 is 39.8 Å². The molecule has 1 aliphatic carbocycles. The topological polar surface area (TPSA) is 41.1 Å². The summed E-state index contributed by atoms with van der Waals surface area (Å²) in [5, 5.41) is 13.5. The van der Waals surface area contributed by atoms with Gasteiger partial charge in [-0.25, -0.2) is 0 Å². The lowest BCUT2D eigenvalue weighted by atomic mass is 10.2. The number of hydrogen-bond donors (Lipinski definition) is 1. The second-order valence-electron chi connectivity index (χ2n) is 5.27.